The summed E-state index contributed by atoms with van der Waals surface area (Å²) in [6.07, 6.45) is 5.31. The molecule has 0 amide bonds. The largest absolute Gasteiger partial charge is 0.504 e. The van der Waals surface area contributed by atoms with Crippen molar-refractivity contribution in [3.63, 3.8) is 0 Å². The standard InChI is InChI=1S/C11H14N2O2.C3H6.C2H6/c1-5-6-7(2)10-11(15)9(8(3)14)12-13(10)4;1-3-2;1-2/h5-6,15H,2H2,1,3-4H3;3H,1H2,2H3;1-2H3/b6-5-;;. The highest BCUT2D eigenvalue weighted by molar-refractivity contribution is 5.96. The number of Topliss-reactive ketones (excluding diaryl/α,β-unsaturated/α-hetero) is 1. The molecule has 1 aromatic heterocycles. The highest BCUT2D eigenvalue weighted by Crippen LogP contribution is 2.28. The topological polar surface area (TPSA) is 55.1 Å². The number of carbonyl (C=O) groups excluding carboxylic acids is 1. The van der Waals surface area contributed by atoms with E-state index in [0.29, 0.717) is 11.3 Å². The highest BCUT2D eigenvalue weighted by Gasteiger charge is 2.19. The Morgan fingerprint density at radius 1 is 1.35 bits per heavy atom. The second kappa shape index (κ2) is 10.8. The third kappa shape index (κ3) is 5.69. The first-order valence-electron chi connectivity index (χ1n) is 6.56. The first kappa shape index (κ1) is 20.2. The molecule has 1 aromatic rings. The van der Waals surface area contributed by atoms with Crippen LogP contribution >= 0.6 is 0 Å². The number of aromatic hydroxyl groups is 1. The number of carbonyl (C=O) groups is 1. The van der Waals surface area contributed by atoms with E-state index in [1.54, 1.807) is 19.2 Å². The van der Waals surface area contributed by atoms with Gasteiger partial charge in [0.15, 0.2) is 17.2 Å². The molecule has 20 heavy (non-hydrogen) atoms. The number of nitrogens with zero attached hydrogens (tertiary/aromatic N) is 2. The van der Waals surface area contributed by atoms with Gasteiger partial charge >= 0.3 is 0 Å². The van der Waals surface area contributed by atoms with E-state index in [0.717, 1.165) is 0 Å². The molecule has 0 radical (unpaired) electrons. The van der Waals surface area contributed by atoms with Crippen LogP contribution in [0.1, 0.15) is 50.8 Å². The molecule has 0 saturated heterocycles. The Bertz CT molecular complexity index is 483. The van der Waals surface area contributed by atoms with E-state index in [2.05, 4.69) is 18.3 Å². The lowest BCUT2D eigenvalue weighted by Crippen LogP contribution is -1.97. The van der Waals surface area contributed by atoms with E-state index in [-0.39, 0.29) is 17.2 Å². The van der Waals surface area contributed by atoms with Crippen molar-refractivity contribution in [2.45, 2.75) is 34.6 Å². The maximum atomic E-state index is 11.1. The molecular formula is C16H26N2O2. The van der Waals surface area contributed by atoms with Crippen molar-refractivity contribution in [1.29, 1.82) is 0 Å². The Labute approximate surface area is 122 Å². The monoisotopic (exact) mass is 278 g/mol. The lowest BCUT2D eigenvalue weighted by molar-refractivity contribution is 0.101. The molecule has 0 aliphatic rings. The van der Waals surface area contributed by atoms with Crippen LogP contribution in [0.5, 0.6) is 5.75 Å². The normalized spacial score (nSPS) is 9.10. The van der Waals surface area contributed by atoms with Crippen LogP contribution in [0.4, 0.5) is 0 Å². The molecule has 112 valence electrons. The molecule has 0 fully saturated rings. The first-order valence-corrected chi connectivity index (χ1v) is 6.56. The van der Waals surface area contributed by atoms with Gasteiger partial charge < -0.3 is 5.11 Å². The first-order chi connectivity index (χ1) is 9.40. The Kier molecular flexibility index (Phi) is 10.9. The molecule has 0 aliphatic heterocycles. The van der Waals surface area contributed by atoms with Gasteiger partial charge in [-0.2, -0.15) is 5.10 Å². The Morgan fingerprint density at radius 3 is 2.10 bits per heavy atom. The lowest BCUT2D eigenvalue weighted by atomic mass is 10.1. The highest BCUT2D eigenvalue weighted by atomic mass is 16.3. The van der Waals surface area contributed by atoms with Crippen LogP contribution in [0, 0.1) is 0 Å². The van der Waals surface area contributed by atoms with Crippen molar-refractivity contribution in [1.82, 2.24) is 9.78 Å². The number of hydrogen-bond acceptors (Lipinski definition) is 3. The summed E-state index contributed by atoms with van der Waals surface area (Å²) in [5.74, 6) is -0.365. The van der Waals surface area contributed by atoms with Gasteiger partial charge in [0.25, 0.3) is 0 Å². The molecule has 0 spiro atoms. The van der Waals surface area contributed by atoms with E-state index in [1.807, 2.05) is 33.8 Å². The summed E-state index contributed by atoms with van der Waals surface area (Å²) in [5.41, 5.74) is 1.17. The number of ketones is 1. The Hall–Kier alpha value is -2.10. The van der Waals surface area contributed by atoms with Gasteiger partial charge in [-0.1, -0.05) is 38.7 Å². The summed E-state index contributed by atoms with van der Waals surface area (Å²) >= 11 is 0. The zero-order valence-electron chi connectivity index (χ0n) is 13.4. The van der Waals surface area contributed by atoms with Gasteiger partial charge in [0.05, 0.1) is 0 Å². The summed E-state index contributed by atoms with van der Waals surface area (Å²) in [5, 5.41) is 13.7. The van der Waals surface area contributed by atoms with Crippen molar-refractivity contribution >= 4 is 11.4 Å². The molecule has 0 aliphatic carbocycles. The van der Waals surface area contributed by atoms with Gasteiger partial charge in [-0.25, -0.2) is 0 Å². The van der Waals surface area contributed by atoms with Crippen molar-refractivity contribution in [2.24, 2.45) is 7.05 Å². The van der Waals surface area contributed by atoms with Crippen LogP contribution in [0.3, 0.4) is 0 Å². The lowest BCUT2D eigenvalue weighted by Gasteiger charge is -2.00. The Morgan fingerprint density at radius 2 is 1.80 bits per heavy atom. The quantitative estimate of drug-likeness (QED) is 0.513. The minimum atomic E-state index is -0.261. The van der Waals surface area contributed by atoms with Crippen molar-refractivity contribution in [2.75, 3.05) is 0 Å². The van der Waals surface area contributed by atoms with E-state index in [9.17, 15) is 9.90 Å². The minimum Gasteiger partial charge on any atom is -0.504 e. The van der Waals surface area contributed by atoms with Gasteiger partial charge in [-0.05, 0) is 19.4 Å². The van der Waals surface area contributed by atoms with Gasteiger partial charge in [0.1, 0.15) is 5.69 Å². The number of aromatic nitrogens is 2. The third-order valence-electron chi connectivity index (χ3n) is 2.03. The van der Waals surface area contributed by atoms with E-state index < -0.39 is 0 Å². The van der Waals surface area contributed by atoms with Crippen LogP contribution in [0.25, 0.3) is 5.57 Å². The molecule has 0 aromatic carbocycles. The molecule has 1 heterocycles. The van der Waals surface area contributed by atoms with Crippen LogP contribution < -0.4 is 0 Å². The number of aryl methyl sites for hydroxylation is 1. The summed E-state index contributed by atoms with van der Waals surface area (Å²) < 4.78 is 1.45. The second-order valence-electron chi connectivity index (χ2n) is 3.66. The molecule has 1 N–H and O–H groups in total. The van der Waals surface area contributed by atoms with E-state index in [4.69, 9.17) is 0 Å². The predicted octanol–water partition coefficient (Wildman–Crippen LogP) is 4.14. The molecule has 4 nitrogen and oxygen atoms in total. The van der Waals surface area contributed by atoms with E-state index >= 15 is 0 Å². The Balaban J connectivity index is 0. The van der Waals surface area contributed by atoms with Crippen molar-refractivity contribution in [3.05, 3.63) is 42.8 Å². The summed E-state index contributed by atoms with van der Waals surface area (Å²) in [6.45, 7) is 16.3. The average Bonchev–Trinajstić information content (AvgIpc) is 2.69. The van der Waals surface area contributed by atoms with Crippen molar-refractivity contribution in [3.8, 4) is 5.75 Å². The van der Waals surface area contributed by atoms with Crippen LogP contribution in [-0.2, 0) is 7.05 Å². The number of rotatable bonds is 3. The summed E-state index contributed by atoms with van der Waals surface area (Å²) in [7, 11) is 1.66. The molecule has 0 saturated carbocycles. The molecular weight excluding hydrogens is 252 g/mol. The van der Waals surface area contributed by atoms with E-state index in [1.165, 1.54) is 11.6 Å². The number of hydrogen-bond donors (Lipinski definition) is 1. The molecule has 0 bridgehead atoms. The molecule has 0 unspecified atom stereocenters. The van der Waals surface area contributed by atoms with Crippen molar-refractivity contribution < 1.29 is 9.90 Å². The smallest absolute Gasteiger partial charge is 0.183 e. The molecule has 0 atom stereocenters. The third-order valence-corrected chi connectivity index (χ3v) is 2.03. The summed E-state index contributed by atoms with van der Waals surface area (Å²) in [4.78, 5) is 11.1. The van der Waals surface area contributed by atoms with Gasteiger partial charge in [-0.15, -0.1) is 6.58 Å². The van der Waals surface area contributed by atoms with Crippen LogP contribution in [0.15, 0.2) is 31.4 Å². The average molecular weight is 278 g/mol. The maximum Gasteiger partial charge on any atom is 0.183 e. The minimum absolute atomic E-state index is 0.0816. The van der Waals surface area contributed by atoms with Gasteiger partial charge in [0, 0.05) is 14.0 Å². The number of allylic oxidation sites excluding steroid dienone is 4. The maximum absolute atomic E-state index is 11.1. The molecule has 4 heteroatoms. The summed E-state index contributed by atoms with van der Waals surface area (Å²) in [6, 6.07) is 0. The van der Waals surface area contributed by atoms with Gasteiger partial charge in [0.2, 0.25) is 0 Å². The van der Waals surface area contributed by atoms with Crippen LogP contribution in [0.2, 0.25) is 0 Å². The van der Waals surface area contributed by atoms with Gasteiger partial charge in [-0.3, -0.25) is 9.48 Å². The molecule has 1 rings (SSSR count). The van der Waals surface area contributed by atoms with Crippen LogP contribution in [-0.4, -0.2) is 20.7 Å². The fourth-order valence-corrected chi connectivity index (χ4v) is 1.39. The zero-order valence-corrected chi connectivity index (χ0v) is 13.4. The predicted molar refractivity (Wildman–Crippen MR) is 85.9 cm³/mol. The second-order valence-corrected chi connectivity index (χ2v) is 3.66. The SMILES string of the molecule is C=C(/C=C\C)c1c(O)c(C(C)=O)nn1C.C=CC.CC. The zero-order chi connectivity index (χ0) is 16.3. The fourth-order valence-electron chi connectivity index (χ4n) is 1.39. The fraction of sp³-hybridized carbons (Fsp3) is 0.375.